The van der Waals surface area contributed by atoms with Crippen molar-refractivity contribution in [3.8, 4) is 0 Å². The van der Waals surface area contributed by atoms with Crippen LogP contribution in [-0.4, -0.2) is 35.1 Å². The summed E-state index contributed by atoms with van der Waals surface area (Å²) in [5, 5.41) is 8.79. The molecule has 1 heterocycles. The molecule has 0 radical (unpaired) electrons. The van der Waals surface area contributed by atoms with Gasteiger partial charge in [0.15, 0.2) is 0 Å². The maximum Gasteiger partial charge on any atom is 0.303 e. The Labute approximate surface area is 97.8 Å². The van der Waals surface area contributed by atoms with E-state index < -0.39 is 5.97 Å². The van der Waals surface area contributed by atoms with E-state index in [1.807, 2.05) is 0 Å². The molecule has 0 aromatic carbocycles. The summed E-state index contributed by atoms with van der Waals surface area (Å²) < 4.78 is 0. The van der Waals surface area contributed by atoms with Crippen molar-refractivity contribution in [1.29, 1.82) is 0 Å². The van der Waals surface area contributed by atoms with Crippen molar-refractivity contribution in [1.82, 2.24) is 4.90 Å². The minimum absolute atomic E-state index is 0.362. The summed E-state index contributed by atoms with van der Waals surface area (Å²) in [6.45, 7) is 4.43. The number of aliphatic carboxylic acids is 1. The third kappa shape index (κ3) is 2.76. The smallest absolute Gasteiger partial charge is 0.303 e. The SMILES string of the molecule is CCC1CCC(N2CCC(CC(=O)O)C2)C1. The molecule has 3 nitrogen and oxygen atoms in total. The van der Waals surface area contributed by atoms with Gasteiger partial charge < -0.3 is 10.0 Å². The molecule has 16 heavy (non-hydrogen) atoms. The highest BCUT2D eigenvalue weighted by Crippen LogP contribution is 2.34. The number of carboxylic acid groups (broad SMARTS) is 1. The fourth-order valence-corrected chi connectivity index (χ4v) is 3.36. The fourth-order valence-electron chi connectivity index (χ4n) is 3.36. The van der Waals surface area contributed by atoms with E-state index in [0.29, 0.717) is 12.3 Å². The van der Waals surface area contributed by atoms with E-state index in [9.17, 15) is 4.79 Å². The van der Waals surface area contributed by atoms with Crippen molar-refractivity contribution < 1.29 is 9.90 Å². The van der Waals surface area contributed by atoms with Gasteiger partial charge in [-0.3, -0.25) is 4.79 Å². The highest BCUT2D eigenvalue weighted by atomic mass is 16.4. The molecule has 1 N–H and O–H groups in total. The second kappa shape index (κ2) is 5.17. The van der Waals surface area contributed by atoms with Gasteiger partial charge in [0.05, 0.1) is 0 Å². The van der Waals surface area contributed by atoms with Crippen LogP contribution in [0.3, 0.4) is 0 Å². The first kappa shape index (κ1) is 11.9. The monoisotopic (exact) mass is 225 g/mol. The van der Waals surface area contributed by atoms with Crippen LogP contribution in [0.15, 0.2) is 0 Å². The maximum atomic E-state index is 10.7. The molecule has 1 saturated heterocycles. The molecule has 0 spiro atoms. The zero-order valence-electron chi connectivity index (χ0n) is 10.2. The van der Waals surface area contributed by atoms with Crippen molar-refractivity contribution in [3.05, 3.63) is 0 Å². The van der Waals surface area contributed by atoms with Crippen molar-refractivity contribution >= 4 is 5.97 Å². The first-order valence-electron chi connectivity index (χ1n) is 6.65. The molecule has 92 valence electrons. The fraction of sp³-hybridized carbons (Fsp3) is 0.923. The molecule has 0 amide bonds. The summed E-state index contributed by atoms with van der Waals surface area (Å²) in [5.74, 6) is 0.686. The topological polar surface area (TPSA) is 40.5 Å². The molecule has 3 unspecified atom stereocenters. The van der Waals surface area contributed by atoms with Gasteiger partial charge in [-0.25, -0.2) is 0 Å². The largest absolute Gasteiger partial charge is 0.481 e. The number of likely N-dealkylation sites (tertiary alicyclic amines) is 1. The lowest BCUT2D eigenvalue weighted by Gasteiger charge is -2.23. The number of carbonyl (C=O) groups is 1. The minimum atomic E-state index is -0.635. The molecule has 3 heteroatoms. The van der Waals surface area contributed by atoms with E-state index >= 15 is 0 Å². The Kier molecular flexibility index (Phi) is 3.85. The van der Waals surface area contributed by atoms with Crippen LogP contribution >= 0.6 is 0 Å². The normalized spacial score (nSPS) is 35.7. The molecule has 0 aromatic rings. The maximum absolute atomic E-state index is 10.7. The highest BCUT2D eigenvalue weighted by molar-refractivity contribution is 5.67. The van der Waals surface area contributed by atoms with E-state index in [1.54, 1.807) is 0 Å². The van der Waals surface area contributed by atoms with Gasteiger partial charge in [0.25, 0.3) is 0 Å². The molecule has 2 fully saturated rings. The molecular weight excluding hydrogens is 202 g/mol. The summed E-state index contributed by atoms with van der Waals surface area (Å²) in [6, 6.07) is 0.753. The Morgan fingerprint density at radius 2 is 2.12 bits per heavy atom. The Morgan fingerprint density at radius 1 is 1.31 bits per heavy atom. The van der Waals surface area contributed by atoms with E-state index in [0.717, 1.165) is 31.5 Å². The summed E-state index contributed by atoms with van der Waals surface area (Å²) >= 11 is 0. The van der Waals surface area contributed by atoms with Gasteiger partial charge in [-0.1, -0.05) is 13.3 Å². The predicted molar refractivity (Wildman–Crippen MR) is 63.4 cm³/mol. The Hall–Kier alpha value is -0.570. The van der Waals surface area contributed by atoms with Gasteiger partial charge in [0, 0.05) is 19.0 Å². The van der Waals surface area contributed by atoms with E-state index in [1.165, 1.54) is 25.7 Å². The molecule has 0 aromatic heterocycles. The first-order valence-corrected chi connectivity index (χ1v) is 6.65. The number of carboxylic acids is 1. The van der Waals surface area contributed by atoms with Crippen LogP contribution in [-0.2, 0) is 4.79 Å². The minimum Gasteiger partial charge on any atom is -0.481 e. The zero-order chi connectivity index (χ0) is 11.5. The molecule has 1 aliphatic heterocycles. The van der Waals surface area contributed by atoms with Crippen molar-refractivity contribution in [2.75, 3.05) is 13.1 Å². The van der Waals surface area contributed by atoms with Crippen molar-refractivity contribution in [3.63, 3.8) is 0 Å². The van der Waals surface area contributed by atoms with E-state index in [-0.39, 0.29) is 0 Å². The molecule has 3 atom stereocenters. The number of hydrogen-bond donors (Lipinski definition) is 1. The van der Waals surface area contributed by atoms with E-state index in [2.05, 4.69) is 11.8 Å². The quantitative estimate of drug-likeness (QED) is 0.798. The first-order chi connectivity index (χ1) is 7.69. The van der Waals surface area contributed by atoms with Crippen molar-refractivity contribution in [2.24, 2.45) is 11.8 Å². The molecule has 2 aliphatic rings. The van der Waals surface area contributed by atoms with Gasteiger partial charge in [0.1, 0.15) is 0 Å². The van der Waals surface area contributed by atoms with Gasteiger partial charge >= 0.3 is 5.97 Å². The van der Waals surface area contributed by atoms with Crippen LogP contribution in [0.25, 0.3) is 0 Å². The molecule has 1 saturated carbocycles. The van der Waals surface area contributed by atoms with Gasteiger partial charge in [-0.05, 0) is 44.1 Å². The third-order valence-electron chi connectivity index (χ3n) is 4.39. The average molecular weight is 225 g/mol. The Bertz CT molecular complexity index is 254. The van der Waals surface area contributed by atoms with Crippen molar-refractivity contribution in [2.45, 2.75) is 51.5 Å². The van der Waals surface area contributed by atoms with Crippen LogP contribution in [0.1, 0.15) is 45.4 Å². The third-order valence-corrected chi connectivity index (χ3v) is 4.39. The molecular formula is C13H23NO2. The number of hydrogen-bond acceptors (Lipinski definition) is 2. The van der Waals surface area contributed by atoms with Gasteiger partial charge in [0.2, 0.25) is 0 Å². The van der Waals surface area contributed by atoms with Crippen LogP contribution in [0.4, 0.5) is 0 Å². The van der Waals surface area contributed by atoms with Crippen LogP contribution in [0, 0.1) is 11.8 Å². The summed E-state index contributed by atoms with van der Waals surface area (Å²) in [5.41, 5.74) is 0. The summed E-state index contributed by atoms with van der Waals surface area (Å²) in [4.78, 5) is 13.2. The standard InChI is InChI=1S/C13H23NO2/c1-2-10-3-4-12(7-10)14-6-5-11(9-14)8-13(15)16/h10-12H,2-9H2,1H3,(H,15,16). The summed E-state index contributed by atoms with van der Waals surface area (Å²) in [7, 11) is 0. The highest BCUT2D eigenvalue weighted by Gasteiger charge is 2.33. The molecule has 0 bridgehead atoms. The molecule has 2 rings (SSSR count). The van der Waals surface area contributed by atoms with E-state index in [4.69, 9.17) is 5.11 Å². The Balaban J connectivity index is 1.78. The lowest BCUT2D eigenvalue weighted by Crippen LogP contribution is -2.31. The predicted octanol–water partition coefficient (Wildman–Crippen LogP) is 2.36. The zero-order valence-corrected chi connectivity index (χ0v) is 10.2. The average Bonchev–Trinajstić information content (AvgIpc) is 2.83. The van der Waals surface area contributed by atoms with Gasteiger partial charge in [-0.2, -0.15) is 0 Å². The second-order valence-corrected chi connectivity index (χ2v) is 5.49. The number of nitrogens with zero attached hydrogens (tertiary/aromatic N) is 1. The summed E-state index contributed by atoms with van der Waals surface area (Å²) in [6.07, 6.45) is 6.80. The van der Waals surface area contributed by atoms with Crippen LogP contribution < -0.4 is 0 Å². The lowest BCUT2D eigenvalue weighted by atomic mass is 10.0. The Morgan fingerprint density at radius 3 is 2.75 bits per heavy atom. The van der Waals surface area contributed by atoms with Crippen LogP contribution in [0.2, 0.25) is 0 Å². The second-order valence-electron chi connectivity index (χ2n) is 5.49. The molecule has 1 aliphatic carbocycles. The number of rotatable bonds is 4. The van der Waals surface area contributed by atoms with Crippen LogP contribution in [0.5, 0.6) is 0 Å². The lowest BCUT2D eigenvalue weighted by molar-refractivity contribution is -0.138. The van der Waals surface area contributed by atoms with Gasteiger partial charge in [-0.15, -0.1) is 0 Å².